The third-order valence-electron chi connectivity index (χ3n) is 0. The molecular formula is C6H15Mo. The van der Waals surface area contributed by atoms with Gasteiger partial charge in [-0.25, -0.2) is 0 Å². The Morgan fingerprint density at radius 2 is 0.571 bits per heavy atom. The van der Waals surface area contributed by atoms with E-state index in [1.807, 2.05) is 0 Å². The number of hydrogen-bond acceptors (Lipinski definition) is 0. The van der Waals surface area contributed by atoms with E-state index in [0.717, 1.165) is 0 Å². The Bertz CT molecular complexity index is 4.14. The maximum Gasteiger partial charge on any atom is 3.00 e. The molecule has 0 saturated heterocycles. The molecule has 0 aromatic rings. The van der Waals surface area contributed by atoms with Gasteiger partial charge in [-0.1, -0.05) is 0 Å². The van der Waals surface area contributed by atoms with Crippen molar-refractivity contribution in [3.05, 3.63) is 20.8 Å². The maximum absolute atomic E-state index is 3.25. The van der Waals surface area contributed by atoms with Crippen molar-refractivity contribution < 1.29 is 21.1 Å². The van der Waals surface area contributed by atoms with Crippen LogP contribution in [0.1, 0.15) is 20.8 Å². The van der Waals surface area contributed by atoms with Crippen LogP contribution in [0.4, 0.5) is 0 Å². The van der Waals surface area contributed by atoms with Gasteiger partial charge in [0.15, 0.2) is 0 Å². The molecule has 7 heavy (non-hydrogen) atoms. The third kappa shape index (κ3) is 310. The zero-order chi connectivity index (χ0) is 6.00. The van der Waals surface area contributed by atoms with Crippen molar-refractivity contribution in [3.63, 3.8) is 0 Å². The molecule has 0 bridgehead atoms. The molecular weight excluding hydrogens is 168 g/mol. The fourth-order valence-corrected chi connectivity index (χ4v) is 0. The summed E-state index contributed by atoms with van der Waals surface area (Å²) in [6.45, 7) is 15.0. The van der Waals surface area contributed by atoms with Gasteiger partial charge >= 0.3 is 21.1 Å². The fraction of sp³-hybridized carbons (Fsp3) is 0.500. The molecule has 1 radical (unpaired) electrons. The minimum atomic E-state index is 0. The van der Waals surface area contributed by atoms with E-state index >= 15 is 0 Å². The average molecular weight is 183 g/mol. The van der Waals surface area contributed by atoms with Crippen molar-refractivity contribution in [1.82, 2.24) is 0 Å². The predicted octanol–water partition coefficient (Wildman–Crippen LogP) is 2.52. The van der Waals surface area contributed by atoms with Crippen LogP contribution in [0, 0.1) is 20.8 Å². The quantitative estimate of drug-likeness (QED) is 0.400. The van der Waals surface area contributed by atoms with Crippen molar-refractivity contribution in [2.24, 2.45) is 0 Å². The summed E-state index contributed by atoms with van der Waals surface area (Å²) in [6, 6.07) is 0. The second-order valence-corrected chi connectivity index (χ2v) is 0. The third-order valence-corrected chi connectivity index (χ3v) is 0. The summed E-state index contributed by atoms with van der Waals surface area (Å²) in [5, 5.41) is 0. The number of rotatable bonds is 0. The maximum atomic E-state index is 3.25. The van der Waals surface area contributed by atoms with Crippen LogP contribution >= 0.6 is 0 Å². The van der Waals surface area contributed by atoms with E-state index in [1.165, 1.54) is 0 Å². The van der Waals surface area contributed by atoms with Gasteiger partial charge in [0.1, 0.15) is 0 Å². The van der Waals surface area contributed by atoms with E-state index in [-0.39, 0.29) is 21.1 Å². The summed E-state index contributed by atoms with van der Waals surface area (Å²) in [4.78, 5) is 0. The molecule has 0 aliphatic heterocycles. The van der Waals surface area contributed by atoms with Crippen LogP contribution in [-0.4, -0.2) is 0 Å². The molecule has 0 aliphatic rings. The second kappa shape index (κ2) is 457. The van der Waals surface area contributed by atoms with Crippen LogP contribution in [0.2, 0.25) is 0 Å². The van der Waals surface area contributed by atoms with E-state index in [9.17, 15) is 0 Å². The molecule has 0 unspecified atom stereocenters. The monoisotopic (exact) mass is 185 g/mol. The van der Waals surface area contributed by atoms with Crippen molar-refractivity contribution in [1.29, 1.82) is 0 Å². The van der Waals surface area contributed by atoms with Crippen LogP contribution in [0.5, 0.6) is 0 Å². The molecule has 0 nitrogen and oxygen atoms in total. The minimum Gasteiger partial charge on any atom is -0.346 e. The normalized spacial score (nSPS) is 2.57. The van der Waals surface area contributed by atoms with Crippen molar-refractivity contribution in [2.75, 3.05) is 0 Å². The van der Waals surface area contributed by atoms with Crippen LogP contribution in [0.15, 0.2) is 0 Å². The summed E-state index contributed by atoms with van der Waals surface area (Å²) in [5.41, 5.74) is 0. The molecule has 0 heterocycles. The molecule has 0 atom stereocenters. The van der Waals surface area contributed by atoms with Crippen molar-refractivity contribution in [3.8, 4) is 0 Å². The van der Waals surface area contributed by atoms with Crippen LogP contribution in [0.25, 0.3) is 0 Å². The molecule has 0 spiro atoms. The SMILES string of the molecule is [CH2-]C.[CH2-]C.[CH2-]C.[Mo+3]. The first-order valence-electron chi connectivity index (χ1n) is 2.12. The first-order chi connectivity index (χ1) is 3.00. The number of hydrogen-bond donors (Lipinski definition) is 0. The first kappa shape index (κ1) is 25.3. The zero-order valence-corrected chi connectivity index (χ0v) is 7.54. The van der Waals surface area contributed by atoms with E-state index in [4.69, 9.17) is 0 Å². The molecule has 0 aromatic carbocycles. The summed E-state index contributed by atoms with van der Waals surface area (Å²) in [6.07, 6.45) is 0. The average Bonchev–Trinajstić information content (AvgIpc) is 1.81. The molecule has 0 aliphatic carbocycles. The molecule has 0 fully saturated rings. The largest absolute Gasteiger partial charge is 3.00 e. The Morgan fingerprint density at radius 1 is 0.571 bits per heavy atom. The zero-order valence-electron chi connectivity index (χ0n) is 5.53. The second-order valence-electron chi connectivity index (χ2n) is 0. The topological polar surface area (TPSA) is 0 Å². The minimum absolute atomic E-state index is 0. The Morgan fingerprint density at radius 3 is 0.571 bits per heavy atom. The van der Waals surface area contributed by atoms with Gasteiger partial charge < -0.3 is 20.8 Å². The van der Waals surface area contributed by atoms with E-state index in [2.05, 4.69) is 20.8 Å². The van der Waals surface area contributed by atoms with Gasteiger partial charge in [0.05, 0.1) is 0 Å². The van der Waals surface area contributed by atoms with Crippen LogP contribution in [-0.2, 0) is 21.1 Å². The van der Waals surface area contributed by atoms with Gasteiger partial charge in [0, 0.05) is 0 Å². The molecule has 0 aromatic heterocycles. The first-order valence-corrected chi connectivity index (χ1v) is 2.12. The Hall–Kier alpha value is 0.688. The fourth-order valence-electron chi connectivity index (χ4n) is 0. The van der Waals surface area contributed by atoms with Gasteiger partial charge in [-0.3, -0.25) is 0 Å². The van der Waals surface area contributed by atoms with Crippen LogP contribution < -0.4 is 0 Å². The van der Waals surface area contributed by atoms with Crippen molar-refractivity contribution >= 4 is 0 Å². The molecule has 1 heteroatoms. The molecule has 0 rings (SSSR count). The predicted molar refractivity (Wildman–Crippen MR) is 33.1 cm³/mol. The van der Waals surface area contributed by atoms with Gasteiger partial charge in [0.25, 0.3) is 0 Å². The standard InChI is InChI=1S/3C2H5.Mo/c3*1-2;/h3*1H2,2H3;/q3*-1;+3. The molecule has 0 N–H and O–H groups in total. The molecule has 0 amide bonds. The Labute approximate surface area is 63.0 Å². The van der Waals surface area contributed by atoms with Gasteiger partial charge in [-0.05, 0) is 0 Å². The molecule has 0 saturated carbocycles. The van der Waals surface area contributed by atoms with Gasteiger partial charge in [-0.15, -0.1) is 0 Å². The van der Waals surface area contributed by atoms with E-state index in [1.54, 1.807) is 20.8 Å². The summed E-state index contributed by atoms with van der Waals surface area (Å²) in [7, 11) is 0. The Balaban J connectivity index is -0.00000000900. The van der Waals surface area contributed by atoms with Crippen molar-refractivity contribution in [2.45, 2.75) is 20.8 Å². The molecule has 45 valence electrons. The van der Waals surface area contributed by atoms with Gasteiger partial charge in [-0.2, -0.15) is 20.8 Å². The van der Waals surface area contributed by atoms with E-state index in [0.29, 0.717) is 0 Å². The smallest absolute Gasteiger partial charge is 0.346 e. The van der Waals surface area contributed by atoms with E-state index < -0.39 is 0 Å². The summed E-state index contributed by atoms with van der Waals surface area (Å²) < 4.78 is 0. The summed E-state index contributed by atoms with van der Waals surface area (Å²) in [5.74, 6) is 0. The summed E-state index contributed by atoms with van der Waals surface area (Å²) >= 11 is 0. The Kier molecular flexibility index (Phi) is 1650. The van der Waals surface area contributed by atoms with Gasteiger partial charge in [0.2, 0.25) is 0 Å². The van der Waals surface area contributed by atoms with Crippen LogP contribution in [0.3, 0.4) is 0 Å².